The lowest BCUT2D eigenvalue weighted by molar-refractivity contribution is 0.667. The van der Waals surface area contributed by atoms with Crippen molar-refractivity contribution < 1.29 is 0 Å². The van der Waals surface area contributed by atoms with Crippen LogP contribution in [0.15, 0.2) is 115 Å². The molecule has 3 heterocycles. The molecule has 0 radical (unpaired) electrons. The molecule has 0 amide bonds. The maximum Gasteiger partial charge on any atom is 0.0726 e. The van der Waals surface area contributed by atoms with Gasteiger partial charge in [0.1, 0.15) is 0 Å². The molecule has 6 aromatic carbocycles. The second-order valence-corrected chi connectivity index (χ2v) is 14.2. The molecular formula is C39H25NS2. The van der Waals surface area contributed by atoms with Gasteiger partial charge in [0.2, 0.25) is 0 Å². The minimum absolute atomic E-state index is 0.0973. The summed E-state index contributed by atoms with van der Waals surface area (Å²) in [6, 6.07) is 43.0. The van der Waals surface area contributed by atoms with Gasteiger partial charge in [-0.2, -0.15) is 0 Å². The third-order valence-electron chi connectivity index (χ3n) is 9.55. The van der Waals surface area contributed by atoms with E-state index in [2.05, 4.69) is 134 Å². The number of hydrogen-bond acceptors (Lipinski definition) is 2. The Kier molecular flexibility index (Phi) is 4.35. The van der Waals surface area contributed by atoms with E-state index < -0.39 is 0 Å². The molecule has 1 aliphatic carbocycles. The van der Waals surface area contributed by atoms with E-state index in [1.807, 2.05) is 22.7 Å². The fraction of sp³-hybridized carbons (Fsp3) is 0.0769. The van der Waals surface area contributed by atoms with E-state index in [-0.39, 0.29) is 5.41 Å². The molecule has 0 saturated carbocycles. The number of rotatable bonds is 1. The van der Waals surface area contributed by atoms with Crippen LogP contribution in [0, 0.1) is 0 Å². The van der Waals surface area contributed by atoms with Crippen molar-refractivity contribution in [3.05, 3.63) is 126 Å². The van der Waals surface area contributed by atoms with Crippen molar-refractivity contribution in [2.24, 2.45) is 0 Å². The molecule has 0 aliphatic heterocycles. The Hall–Kier alpha value is -4.44. The summed E-state index contributed by atoms with van der Waals surface area (Å²) in [7, 11) is 0. The zero-order valence-electron chi connectivity index (χ0n) is 23.2. The third-order valence-corrected chi connectivity index (χ3v) is 11.9. The third kappa shape index (κ3) is 2.74. The number of aromatic nitrogens is 1. The maximum atomic E-state index is 2.56. The monoisotopic (exact) mass is 571 g/mol. The van der Waals surface area contributed by atoms with Gasteiger partial charge < -0.3 is 4.57 Å². The van der Waals surface area contributed by atoms with Gasteiger partial charge in [-0.3, -0.25) is 0 Å². The average molecular weight is 572 g/mol. The van der Waals surface area contributed by atoms with E-state index in [0.29, 0.717) is 0 Å². The number of nitrogens with zero attached hydrogens (tertiary/aromatic N) is 1. The molecule has 0 atom stereocenters. The number of hydrogen-bond donors (Lipinski definition) is 0. The molecule has 1 aliphatic rings. The number of fused-ring (bicyclic) bond motifs is 15. The van der Waals surface area contributed by atoms with Gasteiger partial charge in [-0.15, -0.1) is 22.7 Å². The predicted octanol–water partition coefficient (Wildman–Crippen LogP) is 11.8. The average Bonchev–Trinajstić information content (AvgIpc) is 3.74. The highest BCUT2D eigenvalue weighted by Gasteiger charge is 2.40. The van der Waals surface area contributed by atoms with Gasteiger partial charge in [0, 0.05) is 57.5 Å². The molecule has 198 valence electrons. The predicted molar refractivity (Wildman–Crippen MR) is 184 cm³/mol. The number of para-hydroxylation sites is 1. The van der Waals surface area contributed by atoms with Crippen molar-refractivity contribution in [2.45, 2.75) is 19.3 Å². The van der Waals surface area contributed by atoms with Gasteiger partial charge in [-0.25, -0.2) is 0 Å². The fourth-order valence-electron chi connectivity index (χ4n) is 7.81. The summed E-state index contributed by atoms with van der Waals surface area (Å²) in [5, 5.41) is 8.17. The van der Waals surface area contributed by atoms with Crippen LogP contribution in [0.25, 0.3) is 79.0 Å². The second-order valence-electron chi connectivity index (χ2n) is 12.1. The van der Waals surface area contributed by atoms with Crippen LogP contribution in [0.3, 0.4) is 0 Å². The molecule has 9 aromatic rings. The van der Waals surface area contributed by atoms with E-state index in [9.17, 15) is 0 Å². The van der Waals surface area contributed by atoms with Crippen molar-refractivity contribution in [1.29, 1.82) is 0 Å². The summed E-state index contributed by atoms with van der Waals surface area (Å²) < 4.78 is 7.98. The van der Waals surface area contributed by atoms with Crippen LogP contribution >= 0.6 is 22.7 Å². The first-order valence-corrected chi connectivity index (χ1v) is 16.2. The summed E-state index contributed by atoms with van der Waals surface area (Å²) in [5.41, 5.74) is 9.41. The minimum atomic E-state index is -0.0973. The van der Waals surface area contributed by atoms with Crippen LogP contribution in [0.4, 0.5) is 0 Å². The Morgan fingerprint density at radius 3 is 2.10 bits per heavy atom. The molecule has 1 nitrogen and oxygen atoms in total. The first-order valence-electron chi connectivity index (χ1n) is 14.5. The summed E-state index contributed by atoms with van der Waals surface area (Å²) in [6.07, 6.45) is 0. The Balaban J connectivity index is 1.48. The second kappa shape index (κ2) is 7.89. The zero-order chi connectivity index (χ0) is 27.7. The van der Waals surface area contributed by atoms with Crippen LogP contribution in [0.5, 0.6) is 0 Å². The molecule has 3 aromatic heterocycles. The SMILES string of the molecule is CC1(C)c2ccccc2-c2c1c1c3ccccc3sc1c1c2c2ccccc2n1-c1ccc2sc3ccccc3c2c1. The smallest absolute Gasteiger partial charge is 0.0726 e. The van der Waals surface area contributed by atoms with Crippen LogP contribution in [-0.4, -0.2) is 4.57 Å². The molecular weight excluding hydrogens is 547 g/mol. The Labute approximate surface area is 250 Å². The van der Waals surface area contributed by atoms with E-state index in [1.54, 1.807) is 0 Å². The summed E-state index contributed by atoms with van der Waals surface area (Å²) in [4.78, 5) is 0. The number of benzene rings is 6. The highest BCUT2D eigenvalue weighted by atomic mass is 32.1. The van der Waals surface area contributed by atoms with Gasteiger partial charge in [0.15, 0.2) is 0 Å². The van der Waals surface area contributed by atoms with Gasteiger partial charge in [0.05, 0.1) is 15.7 Å². The Bertz CT molecular complexity index is 2610. The van der Waals surface area contributed by atoms with Gasteiger partial charge in [-0.05, 0) is 58.7 Å². The van der Waals surface area contributed by atoms with Crippen molar-refractivity contribution in [3.8, 4) is 16.8 Å². The lowest BCUT2D eigenvalue weighted by atomic mass is 9.80. The minimum Gasteiger partial charge on any atom is -0.308 e. The number of thiophene rings is 2. The molecule has 10 rings (SSSR count). The molecule has 0 bridgehead atoms. The van der Waals surface area contributed by atoms with Crippen LogP contribution in [0.1, 0.15) is 25.0 Å². The normalized spacial score (nSPS) is 14.1. The van der Waals surface area contributed by atoms with Crippen LogP contribution < -0.4 is 0 Å². The fourth-order valence-corrected chi connectivity index (χ4v) is 10.2. The molecule has 0 unspecified atom stereocenters. The summed E-state index contributed by atoms with van der Waals surface area (Å²) >= 11 is 3.83. The first-order chi connectivity index (χ1) is 20.6. The highest BCUT2D eigenvalue weighted by molar-refractivity contribution is 7.27. The van der Waals surface area contributed by atoms with Crippen molar-refractivity contribution in [3.63, 3.8) is 0 Å². The zero-order valence-corrected chi connectivity index (χ0v) is 24.9. The summed E-state index contributed by atoms with van der Waals surface area (Å²) in [6.45, 7) is 4.84. The highest BCUT2D eigenvalue weighted by Crippen LogP contribution is 2.58. The van der Waals surface area contributed by atoms with Gasteiger partial charge >= 0.3 is 0 Å². The molecule has 42 heavy (non-hydrogen) atoms. The van der Waals surface area contributed by atoms with Crippen molar-refractivity contribution in [2.75, 3.05) is 0 Å². The van der Waals surface area contributed by atoms with E-state index in [4.69, 9.17) is 0 Å². The molecule has 0 spiro atoms. The van der Waals surface area contributed by atoms with E-state index >= 15 is 0 Å². The summed E-state index contributed by atoms with van der Waals surface area (Å²) in [5.74, 6) is 0. The van der Waals surface area contributed by atoms with E-state index in [1.165, 1.54) is 90.1 Å². The quantitative estimate of drug-likeness (QED) is 0.185. The largest absolute Gasteiger partial charge is 0.308 e. The lowest BCUT2D eigenvalue weighted by Crippen LogP contribution is -2.15. The molecule has 0 N–H and O–H groups in total. The molecule has 0 fully saturated rings. The molecule has 3 heteroatoms. The first kappa shape index (κ1) is 23.2. The van der Waals surface area contributed by atoms with Crippen LogP contribution in [0.2, 0.25) is 0 Å². The van der Waals surface area contributed by atoms with Gasteiger partial charge in [-0.1, -0.05) is 92.7 Å². The van der Waals surface area contributed by atoms with Crippen molar-refractivity contribution >= 4 is 84.8 Å². The standard InChI is InChI=1S/C39H25NS2/c1-39(2)28-15-7-3-12-24(28)33-34-25-13-4-8-16-29(25)40(22-19-20-32-27(21-22)23-11-5-9-17-30(23)41-32)37(34)38-35(36(33)39)26-14-6-10-18-31(26)42-38/h3-21H,1-2H3. The topological polar surface area (TPSA) is 4.93 Å². The maximum absolute atomic E-state index is 2.56. The van der Waals surface area contributed by atoms with Crippen molar-refractivity contribution in [1.82, 2.24) is 4.57 Å². The van der Waals surface area contributed by atoms with E-state index in [0.717, 1.165) is 0 Å². The Morgan fingerprint density at radius 2 is 1.24 bits per heavy atom. The Morgan fingerprint density at radius 1 is 0.571 bits per heavy atom. The molecule has 0 saturated heterocycles. The van der Waals surface area contributed by atoms with Crippen LogP contribution in [-0.2, 0) is 5.41 Å². The lowest BCUT2D eigenvalue weighted by Gasteiger charge is -2.23. The van der Waals surface area contributed by atoms with Gasteiger partial charge in [0.25, 0.3) is 0 Å².